The van der Waals surface area contributed by atoms with E-state index in [0.29, 0.717) is 12.6 Å². The zero-order valence-electron chi connectivity index (χ0n) is 10.1. The van der Waals surface area contributed by atoms with Gasteiger partial charge in [-0.25, -0.2) is 0 Å². The predicted molar refractivity (Wildman–Crippen MR) is 58.3 cm³/mol. The van der Waals surface area contributed by atoms with E-state index in [1.54, 1.807) is 4.90 Å². The maximum Gasteiger partial charge on any atom is 0.401 e. The monoisotopic (exact) mass is 238 g/mol. The molecule has 0 spiro atoms. The van der Waals surface area contributed by atoms with Crippen molar-refractivity contribution in [1.29, 1.82) is 0 Å². The van der Waals surface area contributed by atoms with Crippen LogP contribution >= 0.6 is 0 Å². The second-order valence-corrected chi connectivity index (χ2v) is 4.64. The molecule has 3 atom stereocenters. The summed E-state index contributed by atoms with van der Waals surface area (Å²) in [7, 11) is 0. The number of likely N-dealkylation sites (tertiary alicyclic amines) is 1. The third kappa shape index (κ3) is 3.63. The van der Waals surface area contributed by atoms with Crippen molar-refractivity contribution >= 4 is 0 Å². The fourth-order valence-electron chi connectivity index (χ4n) is 2.44. The Morgan fingerprint density at radius 1 is 1.31 bits per heavy atom. The van der Waals surface area contributed by atoms with Gasteiger partial charge in [-0.2, -0.15) is 13.2 Å². The van der Waals surface area contributed by atoms with E-state index in [1.807, 2.05) is 20.8 Å². The summed E-state index contributed by atoms with van der Waals surface area (Å²) in [5, 5.41) is 3.34. The molecule has 1 rings (SSSR count). The molecule has 0 bridgehead atoms. The normalized spacial score (nSPS) is 33.0. The van der Waals surface area contributed by atoms with Gasteiger partial charge < -0.3 is 5.32 Å². The van der Waals surface area contributed by atoms with E-state index in [9.17, 15) is 13.2 Å². The van der Waals surface area contributed by atoms with Gasteiger partial charge in [0, 0.05) is 18.6 Å². The number of halogens is 3. The van der Waals surface area contributed by atoms with Crippen LogP contribution in [0.2, 0.25) is 0 Å². The Labute approximate surface area is 95.2 Å². The fourth-order valence-corrected chi connectivity index (χ4v) is 2.44. The minimum Gasteiger partial charge on any atom is -0.314 e. The molecular weight excluding hydrogens is 217 g/mol. The fraction of sp³-hybridized carbons (Fsp3) is 1.00. The van der Waals surface area contributed by atoms with Gasteiger partial charge in [0.15, 0.2) is 0 Å². The van der Waals surface area contributed by atoms with Crippen LogP contribution in [0.4, 0.5) is 13.2 Å². The van der Waals surface area contributed by atoms with Crippen molar-refractivity contribution in [2.75, 3.05) is 19.6 Å². The third-order valence-corrected chi connectivity index (χ3v) is 3.55. The van der Waals surface area contributed by atoms with E-state index >= 15 is 0 Å². The average molecular weight is 238 g/mol. The zero-order chi connectivity index (χ0) is 12.3. The van der Waals surface area contributed by atoms with Crippen LogP contribution in [0.15, 0.2) is 0 Å². The zero-order valence-corrected chi connectivity index (χ0v) is 10.1. The molecular formula is C11H21F3N2. The molecule has 96 valence electrons. The van der Waals surface area contributed by atoms with Gasteiger partial charge in [0.05, 0.1) is 6.54 Å². The van der Waals surface area contributed by atoms with Crippen molar-refractivity contribution in [3.05, 3.63) is 0 Å². The minimum atomic E-state index is -4.08. The van der Waals surface area contributed by atoms with E-state index in [1.165, 1.54) is 0 Å². The molecule has 0 aliphatic carbocycles. The Morgan fingerprint density at radius 3 is 2.44 bits per heavy atom. The van der Waals surface area contributed by atoms with Crippen LogP contribution in [-0.4, -0.2) is 42.8 Å². The first-order valence-corrected chi connectivity index (χ1v) is 5.89. The van der Waals surface area contributed by atoms with Crippen LogP contribution in [0.1, 0.15) is 27.2 Å². The molecule has 0 aromatic heterocycles. The van der Waals surface area contributed by atoms with E-state index < -0.39 is 12.7 Å². The van der Waals surface area contributed by atoms with Gasteiger partial charge in [-0.3, -0.25) is 4.90 Å². The SMILES string of the molecule is CCNC1CCN(CC(F)(F)F)C(C)C1C. The molecule has 0 radical (unpaired) electrons. The van der Waals surface area contributed by atoms with Gasteiger partial charge in [0.2, 0.25) is 0 Å². The number of alkyl halides is 3. The van der Waals surface area contributed by atoms with Crippen LogP contribution in [0.5, 0.6) is 0 Å². The lowest BCUT2D eigenvalue weighted by atomic mass is 9.87. The van der Waals surface area contributed by atoms with Crippen molar-refractivity contribution in [3.8, 4) is 0 Å². The molecule has 1 heterocycles. The highest BCUT2D eigenvalue weighted by atomic mass is 19.4. The topological polar surface area (TPSA) is 15.3 Å². The summed E-state index contributed by atoms with van der Waals surface area (Å²) in [6, 6.07) is 0.337. The lowest BCUT2D eigenvalue weighted by molar-refractivity contribution is -0.156. The van der Waals surface area contributed by atoms with Crippen LogP contribution in [0, 0.1) is 5.92 Å². The van der Waals surface area contributed by atoms with Crippen molar-refractivity contribution in [3.63, 3.8) is 0 Å². The Balaban J connectivity index is 2.54. The van der Waals surface area contributed by atoms with Gasteiger partial charge in [0.25, 0.3) is 0 Å². The summed E-state index contributed by atoms with van der Waals surface area (Å²) in [5.41, 5.74) is 0. The van der Waals surface area contributed by atoms with Gasteiger partial charge in [-0.1, -0.05) is 13.8 Å². The van der Waals surface area contributed by atoms with E-state index in [-0.39, 0.29) is 12.0 Å². The lowest BCUT2D eigenvalue weighted by Gasteiger charge is -2.43. The molecule has 16 heavy (non-hydrogen) atoms. The minimum absolute atomic E-state index is 0.0144. The summed E-state index contributed by atoms with van der Waals surface area (Å²) < 4.78 is 37.0. The van der Waals surface area contributed by atoms with Crippen LogP contribution < -0.4 is 5.32 Å². The number of hydrogen-bond acceptors (Lipinski definition) is 2. The molecule has 5 heteroatoms. The molecule has 1 aliphatic rings. The van der Waals surface area contributed by atoms with Gasteiger partial charge >= 0.3 is 6.18 Å². The van der Waals surface area contributed by atoms with E-state index in [4.69, 9.17) is 0 Å². The van der Waals surface area contributed by atoms with E-state index in [0.717, 1.165) is 13.0 Å². The second kappa shape index (κ2) is 5.36. The number of nitrogens with one attached hydrogen (secondary N) is 1. The first-order chi connectivity index (χ1) is 7.35. The summed E-state index contributed by atoms with van der Waals surface area (Å²) >= 11 is 0. The quantitative estimate of drug-likeness (QED) is 0.811. The molecule has 0 aromatic rings. The van der Waals surface area contributed by atoms with E-state index in [2.05, 4.69) is 5.32 Å². The second-order valence-electron chi connectivity index (χ2n) is 4.64. The predicted octanol–water partition coefficient (Wildman–Crippen LogP) is 2.26. The maximum atomic E-state index is 12.3. The molecule has 1 saturated heterocycles. The standard InChI is InChI=1S/C11H21F3N2/c1-4-15-10-5-6-16(7-11(12,13)14)9(3)8(10)2/h8-10,15H,4-7H2,1-3H3. The molecule has 1 aliphatic heterocycles. The molecule has 0 amide bonds. The van der Waals surface area contributed by atoms with Crippen molar-refractivity contribution < 1.29 is 13.2 Å². The molecule has 3 unspecified atom stereocenters. The summed E-state index contributed by atoms with van der Waals surface area (Å²) in [6.45, 7) is 6.57. The molecule has 0 saturated carbocycles. The smallest absolute Gasteiger partial charge is 0.314 e. The average Bonchev–Trinajstić information content (AvgIpc) is 2.16. The first kappa shape index (κ1) is 13.8. The van der Waals surface area contributed by atoms with Crippen LogP contribution in [0.25, 0.3) is 0 Å². The van der Waals surface area contributed by atoms with Gasteiger partial charge in [-0.15, -0.1) is 0 Å². The van der Waals surface area contributed by atoms with Crippen LogP contribution in [0.3, 0.4) is 0 Å². The van der Waals surface area contributed by atoms with Crippen LogP contribution in [-0.2, 0) is 0 Å². The number of rotatable bonds is 3. The number of piperidine rings is 1. The lowest BCUT2D eigenvalue weighted by Crippen LogP contribution is -2.55. The highest BCUT2D eigenvalue weighted by Gasteiger charge is 2.38. The summed E-state index contributed by atoms with van der Waals surface area (Å²) in [4.78, 5) is 1.54. The largest absolute Gasteiger partial charge is 0.401 e. The Morgan fingerprint density at radius 2 is 1.94 bits per heavy atom. The molecule has 1 fully saturated rings. The molecule has 0 aromatic carbocycles. The maximum absolute atomic E-state index is 12.3. The molecule has 1 N–H and O–H groups in total. The Kier molecular flexibility index (Phi) is 4.62. The summed E-state index contributed by atoms with van der Waals surface area (Å²) in [5.74, 6) is 0.260. The highest BCUT2D eigenvalue weighted by molar-refractivity contribution is 4.89. The number of nitrogens with zero attached hydrogens (tertiary/aromatic N) is 1. The highest BCUT2D eigenvalue weighted by Crippen LogP contribution is 2.27. The Hall–Kier alpha value is -0.290. The van der Waals surface area contributed by atoms with Gasteiger partial charge in [0.1, 0.15) is 0 Å². The van der Waals surface area contributed by atoms with Crippen molar-refractivity contribution in [2.45, 2.75) is 45.5 Å². The van der Waals surface area contributed by atoms with Crippen molar-refractivity contribution in [1.82, 2.24) is 10.2 Å². The van der Waals surface area contributed by atoms with Crippen molar-refractivity contribution in [2.24, 2.45) is 5.92 Å². The summed E-state index contributed by atoms with van der Waals surface area (Å²) in [6.07, 6.45) is -3.28. The van der Waals surface area contributed by atoms with Gasteiger partial charge in [-0.05, 0) is 25.8 Å². The Bertz CT molecular complexity index is 218. The molecule has 2 nitrogen and oxygen atoms in total. The number of hydrogen-bond donors (Lipinski definition) is 1. The third-order valence-electron chi connectivity index (χ3n) is 3.55. The first-order valence-electron chi connectivity index (χ1n) is 5.89.